The molecule has 5 rings (SSSR count). The minimum absolute atomic E-state index is 0.0238. The van der Waals surface area contributed by atoms with Crippen molar-refractivity contribution in [3.63, 3.8) is 0 Å². The Labute approximate surface area is 164 Å². The van der Waals surface area contributed by atoms with Gasteiger partial charge in [-0.15, -0.1) is 0 Å². The number of rotatable bonds is 3. The topological polar surface area (TPSA) is 76.8 Å². The molecular weight excluding hydrogens is 358 g/mol. The standard InChI is InChI=1S/C21H25N3O4/c25-21(20-16-5-1-2-6-17(16)23-28-20)24-9-3-4-15(13-24)22-14-7-8-18-19(12-14)27-11-10-26-18/h7-8,12,15,22H,1-6,9-11,13H2/t15-/m0/s1. The van der Waals surface area contributed by atoms with Crippen molar-refractivity contribution >= 4 is 11.6 Å². The van der Waals surface area contributed by atoms with E-state index in [1.165, 1.54) is 0 Å². The summed E-state index contributed by atoms with van der Waals surface area (Å²) in [7, 11) is 0. The highest BCUT2D eigenvalue weighted by molar-refractivity contribution is 5.93. The Bertz CT molecular complexity index is 879. The number of aromatic nitrogens is 1. The van der Waals surface area contributed by atoms with E-state index in [2.05, 4.69) is 10.5 Å². The molecule has 3 aliphatic rings. The second kappa shape index (κ2) is 7.37. The minimum atomic E-state index is -0.0238. The minimum Gasteiger partial charge on any atom is -0.486 e. The molecule has 148 valence electrons. The van der Waals surface area contributed by atoms with Crippen LogP contribution in [0.25, 0.3) is 0 Å². The van der Waals surface area contributed by atoms with Crippen LogP contribution < -0.4 is 14.8 Å². The summed E-state index contributed by atoms with van der Waals surface area (Å²) in [6.07, 6.45) is 6.02. The maximum absolute atomic E-state index is 13.1. The molecule has 1 aromatic heterocycles. The second-order valence-corrected chi connectivity index (χ2v) is 7.74. The van der Waals surface area contributed by atoms with Crippen LogP contribution in [0.4, 0.5) is 5.69 Å². The number of hydrogen-bond donors (Lipinski definition) is 1. The van der Waals surface area contributed by atoms with Crippen molar-refractivity contribution in [3.05, 3.63) is 35.2 Å². The normalized spacial score (nSPS) is 21.1. The Morgan fingerprint density at radius 1 is 1.11 bits per heavy atom. The quantitative estimate of drug-likeness (QED) is 0.878. The van der Waals surface area contributed by atoms with Crippen molar-refractivity contribution in [2.45, 2.75) is 44.6 Å². The number of anilines is 1. The predicted octanol–water partition coefficient (Wildman–Crippen LogP) is 3.04. The Balaban J connectivity index is 1.27. The second-order valence-electron chi connectivity index (χ2n) is 7.74. The highest BCUT2D eigenvalue weighted by atomic mass is 16.6. The van der Waals surface area contributed by atoms with Gasteiger partial charge in [-0.25, -0.2) is 0 Å². The van der Waals surface area contributed by atoms with E-state index in [4.69, 9.17) is 14.0 Å². The molecule has 0 unspecified atom stereocenters. The third-order valence-corrected chi connectivity index (χ3v) is 5.78. The van der Waals surface area contributed by atoms with Gasteiger partial charge in [0.25, 0.3) is 5.91 Å². The molecule has 1 amide bonds. The summed E-state index contributed by atoms with van der Waals surface area (Å²) >= 11 is 0. The summed E-state index contributed by atoms with van der Waals surface area (Å²) in [4.78, 5) is 14.9. The highest BCUT2D eigenvalue weighted by Crippen LogP contribution is 2.33. The molecule has 1 aliphatic carbocycles. The average Bonchev–Trinajstić information content (AvgIpc) is 3.17. The van der Waals surface area contributed by atoms with E-state index in [0.29, 0.717) is 25.5 Å². The molecule has 2 aliphatic heterocycles. The summed E-state index contributed by atoms with van der Waals surface area (Å²) in [5.41, 5.74) is 2.98. The number of nitrogens with zero attached hydrogens (tertiary/aromatic N) is 2. The zero-order valence-corrected chi connectivity index (χ0v) is 15.9. The molecule has 7 heteroatoms. The van der Waals surface area contributed by atoms with Crippen LogP contribution >= 0.6 is 0 Å². The molecule has 28 heavy (non-hydrogen) atoms. The Kier molecular flexibility index (Phi) is 4.58. The van der Waals surface area contributed by atoms with Gasteiger partial charge < -0.3 is 24.2 Å². The van der Waals surface area contributed by atoms with Gasteiger partial charge in [-0.05, 0) is 50.7 Å². The van der Waals surface area contributed by atoms with Gasteiger partial charge in [0.15, 0.2) is 11.5 Å². The molecule has 1 fully saturated rings. The molecule has 1 atom stereocenters. The molecule has 1 N–H and O–H groups in total. The lowest BCUT2D eigenvalue weighted by Gasteiger charge is -2.33. The van der Waals surface area contributed by atoms with Gasteiger partial charge in [-0.1, -0.05) is 5.16 Å². The fraction of sp³-hybridized carbons (Fsp3) is 0.524. The monoisotopic (exact) mass is 383 g/mol. The Morgan fingerprint density at radius 3 is 2.89 bits per heavy atom. The maximum Gasteiger partial charge on any atom is 0.292 e. The van der Waals surface area contributed by atoms with Gasteiger partial charge in [0.1, 0.15) is 13.2 Å². The number of likely N-dealkylation sites (tertiary alicyclic amines) is 1. The largest absolute Gasteiger partial charge is 0.486 e. The number of piperidine rings is 1. The highest BCUT2D eigenvalue weighted by Gasteiger charge is 2.31. The van der Waals surface area contributed by atoms with E-state index >= 15 is 0 Å². The first kappa shape index (κ1) is 17.4. The molecular formula is C21H25N3O4. The number of carbonyl (C=O) groups is 1. The first-order valence-corrected chi connectivity index (χ1v) is 10.2. The molecule has 7 nitrogen and oxygen atoms in total. The first-order valence-electron chi connectivity index (χ1n) is 10.2. The van der Waals surface area contributed by atoms with Crippen LogP contribution in [-0.2, 0) is 12.8 Å². The third kappa shape index (κ3) is 3.30. The van der Waals surface area contributed by atoms with Crippen LogP contribution in [0.15, 0.2) is 22.7 Å². The van der Waals surface area contributed by atoms with Crippen molar-refractivity contribution in [1.82, 2.24) is 10.1 Å². The Morgan fingerprint density at radius 2 is 1.96 bits per heavy atom. The van der Waals surface area contributed by atoms with E-state index in [9.17, 15) is 4.79 Å². The van der Waals surface area contributed by atoms with Gasteiger partial charge in [-0.2, -0.15) is 0 Å². The van der Waals surface area contributed by atoms with E-state index in [1.54, 1.807) is 0 Å². The van der Waals surface area contributed by atoms with Crippen molar-refractivity contribution in [2.75, 3.05) is 31.6 Å². The van der Waals surface area contributed by atoms with E-state index in [1.807, 2.05) is 23.1 Å². The van der Waals surface area contributed by atoms with Gasteiger partial charge in [0, 0.05) is 36.4 Å². The lowest BCUT2D eigenvalue weighted by atomic mass is 9.95. The van der Waals surface area contributed by atoms with Crippen molar-refractivity contribution < 1.29 is 18.8 Å². The zero-order chi connectivity index (χ0) is 18.9. The fourth-order valence-corrected chi connectivity index (χ4v) is 4.35. The van der Waals surface area contributed by atoms with Crippen molar-refractivity contribution in [2.24, 2.45) is 0 Å². The van der Waals surface area contributed by atoms with Crippen LogP contribution in [-0.4, -0.2) is 48.3 Å². The fourth-order valence-electron chi connectivity index (χ4n) is 4.35. The maximum atomic E-state index is 13.1. The average molecular weight is 383 g/mol. The summed E-state index contributed by atoms with van der Waals surface area (Å²) in [6, 6.07) is 6.10. The zero-order valence-electron chi connectivity index (χ0n) is 15.9. The number of nitrogens with one attached hydrogen (secondary N) is 1. The molecule has 1 saturated heterocycles. The van der Waals surface area contributed by atoms with E-state index in [-0.39, 0.29) is 11.9 Å². The molecule has 0 radical (unpaired) electrons. The molecule has 0 spiro atoms. The summed E-state index contributed by atoms with van der Waals surface area (Å²) in [6.45, 7) is 2.57. The summed E-state index contributed by atoms with van der Waals surface area (Å²) in [5, 5.41) is 7.68. The van der Waals surface area contributed by atoms with Crippen LogP contribution in [0.3, 0.4) is 0 Å². The SMILES string of the molecule is O=C(c1onc2c1CCCC2)N1CCC[C@H](Nc2ccc3c(c2)OCCO3)C1. The van der Waals surface area contributed by atoms with Gasteiger partial charge in [0.2, 0.25) is 5.76 Å². The van der Waals surface area contributed by atoms with Crippen LogP contribution in [0.1, 0.15) is 47.5 Å². The van der Waals surface area contributed by atoms with Gasteiger partial charge in [0.05, 0.1) is 5.69 Å². The molecule has 0 bridgehead atoms. The summed E-state index contributed by atoms with van der Waals surface area (Å²) in [5.74, 6) is 1.99. The number of ether oxygens (including phenoxy) is 2. The van der Waals surface area contributed by atoms with Gasteiger partial charge >= 0.3 is 0 Å². The number of aryl methyl sites for hydroxylation is 1. The number of hydrogen-bond acceptors (Lipinski definition) is 6. The third-order valence-electron chi connectivity index (χ3n) is 5.78. The lowest BCUT2D eigenvalue weighted by Crippen LogP contribution is -2.45. The molecule has 1 aromatic carbocycles. The first-order chi connectivity index (χ1) is 13.8. The smallest absolute Gasteiger partial charge is 0.292 e. The number of carbonyl (C=O) groups excluding carboxylic acids is 1. The van der Waals surface area contributed by atoms with Crippen LogP contribution in [0.2, 0.25) is 0 Å². The van der Waals surface area contributed by atoms with E-state index < -0.39 is 0 Å². The number of amides is 1. The lowest BCUT2D eigenvalue weighted by molar-refractivity contribution is 0.0671. The number of benzene rings is 1. The molecule has 0 saturated carbocycles. The van der Waals surface area contributed by atoms with Gasteiger partial charge in [-0.3, -0.25) is 4.79 Å². The van der Waals surface area contributed by atoms with Crippen molar-refractivity contribution in [3.8, 4) is 11.5 Å². The summed E-state index contributed by atoms with van der Waals surface area (Å²) < 4.78 is 16.7. The van der Waals surface area contributed by atoms with E-state index in [0.717, 1.165) is 73.5 Å². The molecule has 2 aromatic rings. The Hall–Kier alpha value is -2.70. The predicted molar refractivity (Wildman–Crippen MR) is 103 cm³/mol. The number of fused-ring (bicyclic) bond motifs is 2. The van der Waals surface area contributed by atoms with Crippen LogP contribution in [0.5, 0.6) is 11.5 Å². The van der Waals surface area contributed by atoms with Crippen molar-refractivity contribution in [1.29, 1.82) is 0 Å². The molecule has 3 heterocycles. The van der Waals surface area contributed by atoms with Crippen LogP contribution in [0, 0.1) is 0 Å².